The number of sulfone groups is 1. The molecule has 0 aromatic heterocycles. The number of fused-ring (bicyclic) bond motifs is 1. The highest BCUT2D eigenvalue weighted by atomic mass is 35.5. The van der Waals surface area contributed by atoms with Crippen LogP contribution < -0.4 is 4.90 Å². The van der Waals surface area contributed by atoms with Gasteiger partial charge < -0.3 is 4.90 Å². The molecular weight excluding hydrogens is 286 g/mol. The van der Waals surface area contributed by atoms with Crippen LogP contribution in [0, 0.1) is 12.8 Å². The molecule has 0 N–H and O–H groups in total. The zero-order valence-corrected chi connectivity index (χ0v) is 12.0. The molecule has 2 atom stereocenters. The van der Waals surface area contributed by atoms with E-state index in [4.69, 9.17) is 11.6 Å². The molecule has 2 heterocycles. The Morgan fingerprint density at radius 2 is 2.05 bits per heavy atom. The molecular formula is C13H14ClNO3S. The third-order valence-corrected chi connectivity index (χ3v) is 5.92. The molecule has 3 rings (SSSR count). The Morgan fingerprint density at radius 3 is 2.74 bits per heavy atom. The summed E-state index contributed by atoms with van der Waals surface area (Å²) in [7, 11) is -3.03. The van der Waals surface area contributed by atoms with Crippen LogP contribution in [0.5, 0.6) is 0 Å². The van der Waals surface area contributed by atoms with E-state index < -0.39 is 9.84 Å². The Morgan fingerprint density at radius 1 is 1.32 bits per heavy atom. The average Bonchev–Trinajstić information content (AvgIpc) is 2.70. The van der Waals surface area contributed by atoms with Gasteiger partial charge in [-0.3, -0.25) is 4.79 Å². The average molecular weight is 300 g/mol. The third kappa shape index (κ3) is 2.15. The predicted molar refractivity (Wildman–Crippen MR) is 74.2 cm³/mol. The molecule has 0 saturated carbocycles. The van der Waals surface area contributed by atoms with Crippen LogP contribution in [0.1, 0.15) is 12.0 Å². The first kappa shape index (κ1) is 12.9. The third-order valence-electron chi connectivity index (χ3n) is 3.84. The van der Waals surface area contributed by atoms with Gasteiger partial charge in [0.1, 0.15) is 0 Å². The van der Waals surface area contributed by atoms with Crippen molar-refractivity contribution in [2.45, 2.75) is 19.4 Å². The number of benzene rings is 1. The molecule has 102 valence electrons. The fraction of sp³-hybridized carbons (Fsp3) is 0.462. The standard InChI is InChI=1S/C13H14ClNO3S/c1-8-2-3-11(10(14)4-8)15-12-7-19(17,18)6-9(12)5-13(15)16/h2-4,9,12H,5-7H2,1H3/t9-,12+/m0/s1. The van der Waals surface area contributed by atoms with Gasteiger partial charge in [-0.1, -0.05) is 17.7 Å². The fourth-order valence-corrected chi connectivity index (χ4v) is 5.41. The van der Waals surface area contributed by atoms with Crippen LogP contribution in [-0.4, -0.2) is 31.9 Å². The van der Waals surface area contributed by atoms with E-state index in [1.165, 1.54) is 0 Å². The number of hydrogen-bond acceptors (Lipinski definition) is 3. The van der Waals surface area contributed by atoms with Crippen LogP contribution in [0.25, 0.3) is 0 Å². The van der Waals surface area contributed by atoms with Crippen LogP contribution in [0.3, 0.4) is 0 Å². The van der Waals surface area contributed by atoms with Gasteiger partial charge in [0.2, 0.25) is 5.91 Å². The molecule has 0 aliphatic carbocycles. The molecule has 19 heavy (non-hydrogen) atoms. The van der Waals surface area contributed by atoms with E-state index >= 15 is 0 Å². The van der Waals surface area contributed by atoms with E-state index in [9.17, 15) is 13.2 Å². The first-order valence-electron chi connectivity index (χ1n) is 6.16. The number of carbonyl (C=O) groups is 1. The molecule has 1 amide bonds. The number of hydrogen-bond donors (Lipinski definition) is 0. The molecule has 0 bridgehead atoms. The van der Waals surface area contributed by atoms with Crippen molar-refractivity contribution < 1.29 is 13.2 Å². The highest BCUT2D eigenvalue weighted by Crippen LogP contribution is 2.39. The Labute approximate surface area is 117 Å². The lowest BCUT2D eigenvalue weighted by Gasteiger charge is -2.24. The van der Waals surface area contributed by atoms with Crippen molar-refractivity contribution in [3.63, 3.8) is 0 Å². The van der Waals surface area contributed by atoms with Crippen molar-refractivity contribution in [1.29, 1.82) is 0 Å². The van der Waals surface area contributed by atoms with E-state index in [-0.39, 0.29) is 29.4 Å². The molecule has 6 heteroatoms. The Kier molecular flexibility index (Phi) is 2.87. The Bertz CT molecular complexity index is 656. The summed E-state index contributed by atoms with van der Waals surface area (Å²) in [6, 6.07) is 5.22. The molecule has 0 spiro atoms. The fourth-order valence-electron chi connectivity index (χ4n) is 3.01. The normalized spacial score (nSPS) is 28.7. The first-order chi connectivity index (χ1) is 8.87. The molecule has 0 unspecified atom stereocenters. The molecule has 2 aliphatic rings. The van der Waals surface area contributed by atoms with Crippen molar-refractivity contribution in [1.82, 2.24) is 0 Å². The maximum absolute atomic E-state index is 12.1. The van der Waals surface area contributed by atoms with Crippen LogP contribution >= 0.6 is 11.6 Å². The van der Waals surface area contributed by atoms with Crippen LogP contribution in [-0.2, 0) is 14.6 Å². The van der Waals surface area contributed by atoms with Gasteiger partial charge in [0.05, 0.1) is 28.3 Å². The van der Waals surface area contributed by atoms with Gasteiger partial charge in [-0.2, -0.15) is 0 Å². The first-order valence-corrected chi connectivity index (χ1v) is 8.36. The molecule has 4 nitrogen and oxygen atoms in total. The number of rotatable bonds is 1. The SMILES string of the molecule is Cc1ccc(N2C(=O)C[C@H]3CS(=O)(=O)C[C@H]32)c(Cl)c1. The topological polar surface area (TPSA) is 54.5 Å². The second-order valence-corrected chi connectivity index (χ2v) is 7.89. The number of nitrogens with zero attached hydrogens (tertiary/aromatic N) is 1. The van der Waals surface area contributed by atoms with Crippen LogP contribution in [0.4, 0.5) is 5.69 Å². The number of anilines is 1. The van der Waals surface area contributed by atoms with Crippen LogP contribution in [0.15, 0.2) is 18.2 Å². The second kappa shape index (κ2) is 4.21. The lowest BCUT2D eigenvalue weighted by atomic mass is 10.0. The predicted octanol–water partition coefficient (Wildman–Crippen LogP) is 1.80. The number of aryl methyl sites for hydroxylation is 1. The lowest BCUT2D eigenvalue weighted by molar-refractivity contribution is -0.117. The Balaban J connectivity index is 2.02. The van der Waals surface area contributed by atoms with Gasteiger partial charge in [-0.15, -0.1) is 0 Å². The largest absolute Gasteiger partial charge is 0.306 e. The van der Waals surface area contributed by atoms with Gasteiger partial charge in [0.25, 0.3) is 0 Å². The summed E-state index contributed by atoms with van der Waals surface area (Å²) in [5, 5.41) is 0.498. The van der Waals surface area contributed by atoms with Crippen molar-refractivity contribution in [2.75, 3.05) is 16.4 Å². The zero-order valence-electron chi connectivity index (χ0n) is 10.5. The monoisotopic (exact) mass is 299 g/mol. The van der Waals surface area contributed by atoms with Gasteiger partial charge in [-0.05, 0) is 24.6 Å². The molecule has 0 radical (unpaired) electrons. The molecule has 2 fully saturated rings. The maximum atomic E-state index is 12.1. The summed E-state index contributed by atoms with van der Waals surface area (Å²) >= 11 is 6.19. The van der Waals surface area contributed by atoms with Crippen LogP contribution in [0.2, 0.25) is 5.02 Å². The summed E-state index contributed by atoms with van der Waals surface area (Å²) in [5.41, 5.74) is 1.64. The second-order valence-electron chi connectivity index (χ2n) is 5.33. The molecule has 1 aromatic rings. The van der Waals surface area contributed by atoms with Crippen molar-refractivity contribution in [2.24, 2.45) is 5.92 Å². The van der Waals surface area contributed by atoms with Crippen molar-refractivity contribution in [3.8, 4) is 0 Å². The quantitative estimate of drug-likeness (QED) is 0.794. The summed E-state index contributed by atoms with van der Waals surface area (Å²) in [6.07, 6.45) is 0.300. The highest BCUT2D eigenvalue weighted by Gasteiger charge is 2.49. The summed E-state index contributed by atoms with van der Waals surface area (Å²) in [6.45, 7) is 1.92. The highest BCUT2D eigenvalue weighted by molar-refractivity contribution is 7.91. The molecule has 2 saturated heterocycles. The summed E-state index contributed by atoms with van der Waals surface area (Å²) < 4.78 is 23.4. The van der Waals surface area contributed by atoms with Crippen molar-refractivity contribution in [3.05, 3.63) is 28.8 Å². The molecule has 2 aliphatic heterocycles. The van der Waals surface area contributed by atoms with Gasteiger partial charge >= 0.3 is 0 Å². The molecule has 1 aromatic carbocycles. The van der Waals surface area contributed by atoms with E-state index in [0.29, 0.717) is 17.1 Å². The summed E-state index contributed by atoms with van der Waals surface area (Å²) in [5.74, 6) is 0.0438. The van der Waals surface area contributed by atoms with E-state index in [1.807, 2.05) is 13.0 Å². The maximum Gasteiger partial charge on any atom is 0.227 e. The van der Waals surface area contributed by atoms with E-state index in [2.05, 4.69) is 0 Å². The van der Waals surface area contributed by atoms with Crippen molar-refractivity contribution >= 4 is 33.0 Å². The van der Waals surface area contributed by atoms with E-state index in [0.717, 1.165) is 5.56 Å². The lowest BCUT2D eigenvalue weighted by Crippen LogP contribution is -2.36. The summed E-state index contributed by atoms with van der Waals surface area (Å²) in [4.78, 5) is 13.7. The smallest absolute Gasteiger partial charge is 0.227 e. The zero-order chi connectivity index (χ0) is 13.8. The number of carbonyl (C=O) groups excluding carboxylic acids is 1. The minimum Gasteiger partial charge on any atom is -0.306 e. The number of halogens is 1. The number of amides is 1. The van der Waals surface area contributed by atoms with Gasteiger partial charge in [-0.25, -0.2) is 8.42 Å². The Hall–Kier alpha value is -1.07. The van der Waals surface area contributed by atoms with Gasteiger partial charge in [0, 0.05) is 12.3 Å². The minimum atomic E-state index is -3.03. The van der Waals surface area contributed by atoms with E-state index in [1.54, 1.807) is 17.0 Å². The minimum absolute atomic E-state index is 0.0318. The van der Waals surface area contributed by atoms with Gasteiger partial charge in [0.15, 0.2) is 9.84 Å².